The number of rotatable bonds is 2. The lowest BCUT2D eigenvalue weighted by Gasteiger charge is -1.90. The number of Topliss-reactive ketones (excluding diaryl/α,β-unsaturated/α-hetero) is 1. The first kappa shape index (κ1) is 7.99. The second-order valence-electron chi connectivity index (χ2n) is 2.67. The van der Waals surface area contributed by atoms with Crippen LogP contribution in [0.1, 0.15) is 19.8 Å². The van der Waals surface area contributed by atoms with Gasteiger partial charge in [-0.3, -0.25) is 4.79 Å². The van der Waals surface area contributed by atoms with Crippen molar-refractivity contribution in [3.8, 4) is 0 Å². The molecule has 0 unspecified atom stereocenters. The van der Waals surface area contributed by atoms with E-state index in [2.05, 4.69) is 6.58 Å². The second-order valence-corrected chi connectivity index (χ2v) is 2.67. The van der Waals surface area contributed by atoms with Crippen molar-refractivity contribution < 1.29 is 4.79 Å². The zero-order valence-electron chi connectivity index (χ0n) is 6.76. The van der Waals surface area contributed by atoms with Crippen molar-refractivity contribution in [1.82, 2.24) is 0 Å². The van der Waals surface area contributed by atoms with Crippen molar-refractivity contribution in [3.63, 3.8) is 0 Å². The van der Waals surface area contributed by atoms with Gasteiger partial charge in [0.25, 0.3) is 0 Å². The molecule has 0 aromatic heterocycles. The number of ketones is 1. The molecule has 0 amide bonds. The first-order chi connectivity index (χ1) is 5.25. The van der Waals surface area contributed by atoms with Crippen LogP contribution >= 0.6 is 0 Å². The Kier molecular flexibility index (Phi) is 2.42. The van der Waals surface area contributed by atoms with Crippen molar-refractivity contribution in [2.24, 2.45) is 0 Å². The van der Waals surface area contributed by atoms with E-state index in [1.807, 2.05) is 19.1 Å². The van der Waals surface area contributed by atoms with Gasteiger partial charge in [-0.05, 0) is 24.5 Å². The van der Waals surface area contributed by atoms with Crippen molar-refractivity contribution >= 4 is 5.78 Å². The summed E-state index contributed by atoms with van der Waals surface area (Å²) in [6, 6.07) is 0. The largest absolute Gasteiger partial charge is 0.295 e. The Morgan fingerprint density at radius 2 is 2.18 bits per heavy atom. The van der Waals surface area contributed by atoms with E-state index in [4.69, 9.17) is 0 Å². The van der Waals surface area contributed by atoms with Gasteiger partial charge in [0.1, 0.15) is 0 Å². The normalized spacial score (nSPS) is 18.5. The molecule has 0 saturated carbocycles. The van der Waals surface area contributed by atoms with Crippen LogP contribution in [0.3, 0.4) is 0 Å². The molecule has 0 spiro atoms. The summed E-state index contributed by atoms with van der Waals surface area (Å²) in [6.45, 7) is 5.46. The SMILES string of the molecule is C=C/C=C\C1=C(C)C(=O)CC1. The molecule has 1 aliphatic rings. The molecule has 58 valence electrons. The van der Waals surface area contributed by atoms with E-state index in [-0.39, 0.29) is 5.78 Å². The Labute approximate surface area is 67.1 Å². The summed E-state index contributed by atoms with van der Waals surface area (Å²) >= 11 is 0. The maximum atomic E-state index is 11.0. The van der Waals surface area contributed by atoms with E-state index in [0.717, 1.165) is 17.6 Å². The van der Waals surface area contributed by atoms with Crippen LogP contribution in [-0.4, -0.2) is 5.78 Å². The predicted molar refractivity (Wildman–Crippen MR) is 46.3 cm³/mol. The number of allylic oxidation sites excluding steroid dienone is 5. The molecule has 0 radical (unpaired) electrons. The third kappa shape index (κ3) is 1.67. The maximum Gasteiger partial charge on any atom is 0.159 e. The summed E-state index contributed by atoms with van der Waals surface area (Å²) in [6.07, 6.45) is 7.14. The fourth-order valence-corrected chi connectivity index (χ4v) is 1.19. The van der Waals surface area contributed by atoms with Gasteiger partial charge in [0, 0.05) is 6.42 Å². The third-order valence-corrected chi connectivity index (χ3v) is 1.95. The lowest BCUT2D eigenvalue weighted by Crippen LogP contribution is -1.89. The minimum Gasteiger partial charge on any atom is -0.295 e. The van der Waals surface area contributed by atoms with Gasteiger partial charge in [0.2, 0.25) is 0 Å². The average molecular weight is 148 g/mol. The fraction of sp³-hybridized carbons (Fsp3) is 0.300. The molecular weight excluding hydrogens is 136 g/mol. The molecule has 0 aromatic carbocycles. The number of hydrogen-bond donors (Lipinski definition) is 0. The topological polar surface area (TPSA) is 17.1 Å². The average Bonchev–Trinajstić information content (AvgIpc) is 2.31. The van der Waals surface area contributed by atoms with Crippen molar-refractivity contribution in [2.75, 3.05) is 0 Å². The van der Waals surface area contributed by atoms with Crippen LogP contribution in [0.2, 0.25) is 0 Å². The minimum atomic E-state index is 0.286. The molecule has 0 heterocycles. The molecular formula is C10H12O. The lowest BCUT2D eigenvalue weighted by molar-refractivity contribution is -0.114. The monoisotopic (exact) mass is 148 g/mol. The molecule has 0 bridgehead atoms. The van der Waals surface area contributed by atoms with E-state index >= 15 is 0 Å². The lowest BCUT2D eigenvalue weighted by atomic mass is 10.1. The summed E-state index contributed by atoms with van der Waals surface area (Å²) in [5.41, 5.74) is 2.08. The highest BCUT2D eigenvalue weighted by molar-refractivity contribution is 5.98. The standard InChI is InChI=1S/C10H12O/c1-3-4-5-9-6-7-10(11)8(9)2/h3-5H,1,6-7H2,2H3/b5-4-. The van der Waals surface area contributed by atoms with E-state index in [1.165, 1.54) is 0 Å². The maximum absolute atomic E-state index is 11.0. The van der Waals surface area contributed by atoms with E-state index in [9.17, 15) is 4.79 Å². The van der Waals surface area contributed by atoms with Gasteiger partial charge >= 0.3 is 0 Å². The highest BCUT2D eigenvalue weighted by Gasteiger charge is 2.16. The van der Waals surface area contributed by atoms with Crippen LogP contribution in [0.15, 0.2) is 36.0 Å². The molecule has 1 aliphatic carbocycles. The Morgan fingerprint density at radius 1 is 1.45 bits per heavy atom. The third-order valence-electron chi connectivity index (χ3n) is 1.95. The van der Waals surface area contributed by atoms with Crippen LogP contribution in [-0.2, 0) is 4.79 Å². The molecule has 0 atom stereocenters. The zero-order chi connectivity index (χ0) is 8.27. The van der Waals surface area contributed by atoms with E-state index in [1.54, 1.807) is 6.08 Å². The molecule has 0 aromatic rings. The summed E-state index contributed by atoms with van der Waals surface area (Å²) < 4.78 is 0. The Bertz CT molecular complexity index is 244. The van der Waals surface area contributed by atoms with Crippen LogP contribution in [0.25, 0.3) is 0 Å². The van der Waals surface area contributed by atoms with Crippen LogP contribution in [0.5, 0.6) is 0 Å². The van der Waals surface area contributed by atoms with Gasteiger partial charge in [-0.15, -0.1) is 0 Å². The second kappa shape index (κ2) is 3.33. The van der Waals surface area contributed by atoms with E-state index < -0.39 is 0 Å². The molecule has 1 rings (SSSR count). The Hall–Kier alpha value is -1.11. The molecule has 0 fully saturated rings. The molecule has 0 N–H and O–H groups in total. The fourth-order valence-electron chi connectivity index (χ4n) is 1.19. The summed E-state index contributed by atoms with van der Waals surface area (Å²) in [5, 5.41) is 0. The van der Waals surface area contributed by atoms with Gasteiger partial charge in [0.15, 0.2) is 5.78 Å². The highest BCUT2D eigenvalue weighted by Crippen LogP contribution is 2.22. The van der Waals surface area contributed by atoms with Gasteiger partial charge in [0.05, 0.1) is 0 Å². The summed E-state index contributed by atoms with van der Waals surface area (Å²) in [5.74, 6) is 0.286. The van der Waals surface area contributed by atoms with Crippen molar-refractivity contribution in [1.29, 1.82) is 0 Å². The summed E-state index contributed by atoms with van der Waals surface area (Å²) in [4.78, 5) is 11.0. The van der Waals surface area contributed by atoms with Crippen LogP contribution < -0.4 is 0 Å². The molecule has 0 saturated heterocycles. The van der Waals surface area contributed by atoms with Gasteiger partial charge in [-0.1, -0.05) is 24.8 Å². The predicted octanol–water partition coefficient (Wildman–Crippen LogP) is 2.41. The van der Waals surface area contributed by atoms with Crippen molar-refractivity contribution in [2.45, 2.75) is 19.8 Å². The van der Waals surface area contributed by atoms with Gasteiger partial charge in [-0.25, -0.2) is 0 Å². The number of carbonyl (C=O) groups excluding carboxylic acids is 1. The molecule has 11 heavy (non-hydrogen) atoms. The first-order valence-corrected chi connectivity index (χ1v) is 3.77. The number of hydrogen-bond acceptors (Lipinski definition) is 1. The van der Waals surface area contributed by atoms with Crippen molar-refractivity contribution in [3.05, 3.63) is 36.0 Å². The van der Waals surface area contributed by atoms with E-state index in [0.29, 0.717) is 6.42 Å². The van der Waals surface area contributed by atoms with Crippen LogP contribution in [0, 0.1) is 0 Å². The smallest absolute Gasteiger partial charge is 0.159 e. The molecule has 1 nitrogen and oxygen atoms in total. The number of carbonyl (C=O) groups is 1. The quantitative estimate of drug-likeness (QED) is 0.549. The van der Waals surface area contributed by atoms with Gasteiger partial charge < -0.3 is 0 Å². The Morgan fingerprint density at radius 3 is 2.64 bits per heavy atom. The molecule has 1 heteroatoms. The van der Waals surface area contributed by atoms with Crippen LogP contribution in [0.4, 0.5) is 0 Å². The Balaban J connectivity index is 2.79. The summed E-state index contributed by atoms with van der Waals surface area (Å²) in [7, 11) is 0. The highest BCUT2D eigenvalue weighted by atomic mass is 16.1. The minimum absolute atomic E-state index is 0.286. The zero-order valence-corrected chi connectivity index (χ0v) is 6.76. The first-order valence-electron chi connectivity index (χ1n) is 3.77. The van der Waals surface area contributed by atoms with Gasteiger partial charge in [-0.2, -0.15) is 0 Å². The molecule has 0 aliphatic heterocycles.